The van der Waals surface area contributed by atoms with E-state index in [0.717, 1.165) is 31.2 Å². The fraction of sp³-hybridized carbons (Fsp3) is 0.393. The minimum absolute atomic E-state index is 0.0407. The standard InChI is InChI=1S/C28H34N4O5S2/c1-20-25(26(34)30-39(36)31(2)3)29-24(38-20)18-32(17-7-10-21-8-5-4-6-9-21)27(35)28(15-16-28)22-11-13-23(14-12-22)37-19-33/h4-6,8-9,11-14,33H,7,10,15-19H2,1-3H3,(H,30,34). The number of nitrogens with zero attached hydrogens (tertiary/aromatic N) is 3. The van der Waals surface area contributed by atoms with Gasteiger partial charge in [-0.15, -0.1) is 11.3 Å². The summed E-state index contributed by atoms with van der Waals surface area (Å²) in [4.78, 5) is 33.8. The summed E-state index contributed by atoms with van der Waals surface area (Å²) in [6.07, 6.45) is 3.13. The van der Waals surface area contributed by atoms with Crippen molar-refractivity contribution >= 4 is 34.3 Å². The second-order valence-corrected chi connectivity index (χ2v) is 12.4. The summed E-state index contributed by atoms with van der Waals surface area (Å²) in [6.45, 7) is 2.23. The van der Waals surface area contributed by atoms with Crippen molar-refractivity contribution in [2.45, 2.75) is 44.6 Å². The lowest BCUT2D eigenvalue weighted by Gasteiger charge is -2.27. The molecule has 0 radical (unpaired) electrons. The van der Waals surface area contributed by atoms with Crippen molar-refractivity contribution in [2.75, 3.05) is 27.4 Å². The Morgan fingerprint density at radius 1 is 1.13 bits per heavy atom. The van der Waals surface area contributed by atoms with Crippen molar-refractivity contribution in [3.63, 3.8) is 0 Å². The van der Waals surface area contributed by atoms with E-state index in [0.29, 0.717) is 22.2 Å². The van der Waals surface area contributed by atoms with Gasteiger partial charge in [0, 0.05) is 25.5 Å². The van der Waals surface area contributed by atoms with E-state index < -0.39 is 29.3 Å². The summed E-state index contributed by atoms with van der Waals surface area (Å²) < 4.78 is 21.0. The van der Waals surface area contributed by atoms with Gasteiger partial charge in [-0.05, 0) is 55.9 Å². The number of amides is 2. The second-order valence-electron chi connectivity index (χ2n) is 9.70. The Morgan fingerprint density at radius 2 is 1.82 bits per heavy atom. The first-order valence-corrected chi connectivity index (χ1v) is 14.7. The molecule has 1 aromatic heterocycles. The number of aliphatic hydroxyl groups is 1. The third-order valence-corrected chi connectivity index (χ3v) is 8.69. The van der Waals surface area contributed by atoms with Crippen LogP contribution >= 0.6 is 11.3 Å². The van der Waals surface area contributed by atoms with Crippen LogP contribution in [0.3, 0.4) is 0 Å². The SMILES string of the molecule is Cc1sc(CN(CCCc2ccccc2)C(=O)C2(c3ccc(OCO)cc3)CC2)nc1C(=O)NS(=O)N(C)C. The lowest BCUT2D eigenvalue weighted by molar-refractivity contribution is -0.134. The van der Waals surface area contributed by atoms with Gasteiger partial charge in [-0.3, -0.25) is 14.3 Å². The Bertz CT molecular complexity index is 1310. The van der Waals surface area contributed by atoms with Gasteiger partial charge < -0.3 is 14.7 Å². The monoisotopic (exact) mass is 570 g/mol. The number of hydrogen-bond donors (Lipinski definition) is 2. The van der Waals surface area contributed by atoms with E-state index in [1.54, 1.807) is 33.2 Å². The van der Waals surface area contributed by atoms with Gasteiger partial charge in [0.15, 0.2) is 18.0 Å². The molecule has 9 nitrogen and oxygen atoms in total. The number of carbonyl (C=O) groups is 2. The van der Waals surface area contributed by atoms with Gasteiger partial charge in [0.1, 0.15) is 16.5 Å². The minimum Gasteiger partial charge on any atom is -0.468 e. The molecule has 1 aliphatic carbocycles. The van der Waals surface area contributed by atoms with Gasteiger partial charge >= 0.3 is 0 Å². The zero-order valence-corrected chi connectivity index (χ0v) is 24.0. The van der Waals surface area contributed by atoms with Crippen LogP contribution in [0.25, 0.3) is 0 Å². The molecule has 1 fully saturated rings. The smallest absolute Gasteiger partial charge is 0.283 e. The minimum atomic E-state index is -1.66. The molecule has 4 rings (SSSR count). The number of ether oxygens (including phenoxy) is 1. The summed E-state index contributed by atoms with van der Waals surface area (Å²) >= 11 is -0.289. The van der Waals surface area contributed by atoms with Crippen molar-refractivity contribution in [3.8, 4) is 5.75 Å². The van der Waals surface area contributed by atoms with E-state index in [1.165, 1.54) is 21.2 Å². The summed E-state index contributed by atoms with van der Waals surface area (Å²) in [5, 5.41) is 9.68. The number of carbonyl (C=O) groups excluding carboxylic acids is 2. The van der Waals surface area contributed by atoms with E-state index in [1.807, 2.05) is 35.2 Å². The summed E-state index contributed by atoms with van der Waals surface area (Å²) in [7, 11) is 3.21. The predicted octanol–water partition coefficient (Wildman–Crippen LogP) is 3.34. The predicted molar refractivity (Wildman–Crippen MR) is 151 cm³/mol. The number of benzene rings is 2. The van der Waals surface area contributed by atoms with Gasteiger partial charge in [-0.25, -0.2) is 13.5 Å². The molecule has 208 valence electrons. The average Bonchev–Trinajstić information content (AvgIpc) is 3.65. The number of aromatic nitrogens is 1. The van der Waals surface area contributed by atoms with Crippen molar-refractivity contribution in [1.29, 1.82) is 0 Å². The highest BCUT2D eigenvalue weighted by molar-refractivity contribution is 7.81. The number of aryl methyl sites for hydroxylation is 2. The molecule has 0 saturated heterocycles. The molecular weight excluding hydrogens is 536 g/mol. The van der Waals surface area contributed by atoms with Crippen LogP contribution in [0.15, 0.2) is 54.6 Å². The summed E-state index contributed by atoms with van der Waals surface area (Å²) in [6, 6.07) is 17.5. The fourth-order valence-corrected chi connectivity index (χ4v) is 5.86. The Kier molecular flexibility index (Phi) is 9.49. The quantitative estimate of drug-likeness (QED) is 0.305. The van der Waals surface area contributed by atoms with Crippen LogP contribution in [0.5, 0.6) is 5.75 Å². The Morgan fingerprint density at radius 3 is 2.44 bits per heavy atom. The molecular formula is C28H34N4O5S2. The van der Waals surface area contributed by atoms with Gasteiger partial charge in [0.25, 0.3) is 5.91 Å². The maximum Gasteiger partial charge on any atom is 0.283 e. The first-order chi connectivity index (χ1) is 18.7. The fourth-order valence-electron chi connectivity index (χ4n) is 4.48. The molecule has 1 heterocycles. The number of aliphatic hydroxyl groups excluding tert-OH is 1. The maximum atomic E-state index is 14.0. The molecule has 2 aromatic carbocycles. The first kappa shape index (κ1) is 28.9. The zero-order valence-electron chi connectivity index (χ0n) is 22.4. The molecule has 1 aliphatic rings. The van der Waals surface area contributed by atoms with Crippen molar-refractivity contribution in [2.24, 2.45) is 0 Å². The van der Waals surface area contributed by atoms with Crippen LogP contribution in [0.4, 0.5) is 0 Å². The average molecular weight is 571 g/mol. The molecule has 3 aromatic rings. The lowest BCUT2D eigenvalue weighted by Crippen LogP contribution is -2.39. The van der Waals surface area contributed by atoms with Gasteiger partial charge in [-0.1, -0.05) is 42.5 Å². The van der Waals surface area contributed by atoms with Crippen molar-refractivity contribution in [3.05, 3.63) is 81.3 Å². The van der Waals surface area contributed by atoms with E-state index in [-0.39, 0.29) is 18.1 Å². The molecule has 2 amide bonds. The Labute approximate surface area is 235 Å². The normalized spacial score (nSPS) is 14.6. The highest BCUT2D eigenvalue weighted by Gasteiger charge is 2.53. The van der Waals surface area contributed by atoms with Crippen LogP contribution < -0.4 is 9.46 Å². The number of rotatable bonds is 13. The van der Waals surface area contributed by atoms with Gasteiger partial charge in [0.2, 0.25) is 5.91 Å². The maximum absolute atomic E-state index is 14.0. The van der Waals surface area contributed by atoms with E-state index in [4.69, 9.17) is 9.84 Å². The molecule has 11 heteroatoms. The molecule has 1 unspecified atom stereocenters. The third kappa shape index (κ3) is 7.10. The zero-order chi connectivity index (χ0) is 28.0. The van der Waals surface area contributed by atoms with Crippen LogP contribution in [0.1, 0.15) is 50.8 Å². The number of hydrogen-bond acceptors (Lipinski definition) is 7. The van der Waals surface area contributed by atoms with E-state index in [9.17, 15) is 13.8 Å². The first-order valence-electron chi connectivity index (χ1n) is 12.8. The lowest BCUT2D eigenvalue weighted by atomic mass is 9.94. The van der Waals surface area contributed by atoms with Crippen molar-refractivity contribution in [1.82, 2.24) is 18.9 Å². The second kappa shape index (κ2) is 12.8. The van der Waals surface area contributed by atoms with E-state index in [2.05, 4.69) is 21.8 Å². The highest BCUT2D eigenvalue weighted by atomic mass is 32.2. The van der Waals surface area contributed by atoms with Gasteiger partial charge in [-0.2, -0.15) is 0 Å². The number of thiazole rings is 1. The highest BCUT2D eigenvalue weighted by Crippen LogP contribution is 2.50. The molecule has 1 atom stereocenters. The number of nitrogens with one attached hydrogen (secondary N) is 1. The summed E-state index contributed by atoms with van der Waals surface area (Å²) in [5.41, 5.74) is 1.76. The third-order valence-electron chi connectivity index (χ3n) is 6.71. The molecule has 0 bridgehead atoms. The van der Waals surface area contributed by atoms with Gasteiger partial charge in [0.05, 0.1) is 12.0 Å². The largest absolute Gasteiger partial charge is 0.468 e. The molecule has 2 N–H and O–H groups in total. The Balaban J connectivity index is 1.53. The van der Waals surface area contributed by atoms with Crippen LogP contribution in [-0.2, 0) is 34.3 Å². The molecule has 39 heavy (non-hydrogen) atoms. The summed E-state index contributed by atoms with van der Waals surface area (Å²) in [5.74, 6) is 0.0790. The van der Waals surface area contributed by atoms with Crippen molar-refractivity contribution < 1.29 is 23.6 Å². The molecule has 0 aliphatic heterocycles. The van der Waals surface area contributed by atoms with Crippen LogP contribution in [-0.4, -0.2) is 62.8 Å². The molecule has 0 spiro atoms. The van der Waals surface area contributed by atoms with Crippen LogP contribution in [0, 0.1) is 6.92 Å². The molecule has 1 saturated carbocycles. The Hall–Kier alpha value is -3.12. The van der Waals surface area contributed by atoms with E-state index >= 15 is 0 Å². The topological polar surface area (TPSA) is 112 Å². The van der Waals surface area contributed by atoms with Crippen LogP contribution in [0.2, 0.25) is 0 Å².